The lowest BCUT2D eigenvalue weighted by Crippen LogP contribution is -2.09. The van der Waals surface area contributed by atoms with Crippen molar-refractivity contribution >= 4 is 26.7 Å². The molecular weight excluding hydrogens is 558 g/mol. The molecular formula is C26H17F4N3O6S. The number of nitrogens with one attached hydrogen (secondary N) is 1. The second kappa shape index (κ2) is 10.1. The van der Waals surface area contributed by atoms with Crippen LogP contribution in [0.2, 0.25) is 0 Å². The van der Waals surface area contributed by atoms with Crippen molar-refractivity contribution in [3.05, 3.63) is 94.4 Å². The van der Waals surface area contributed by atoms with E-state index in [1.165, 1.54) is 36.6 Å². The number of sulfonamides is 1. The number of hydrogen-bond acceptors (Lipinski definition) is 8. The molecule has 0 amide bonds. The molecule has 2 aromatic heterocycles. The molecule has 0 aliphatic heterocycles. The number of hydrogen-bond donors (Lipinski definition) is 1. The number of rotatable bonds is 7. The predicted molar refractivity (Wildman–Crippen MR) is 135 cm³/mol. The molecule has 2 heterocycles. The van der Waals surface area contributed by atoms with Crippen LogP contribution in [-0.4, -0.2) is 24.8 Å². The lowest BCUT2D eigenvalue weighted by atomic mass is 10.1. The van der Waals surface area contributed by atoms with E-state index in [-0.39, 0.29) is 51.6 Å². The number of fused-ring (bicyclic) bond motifs is 1. The second-order valence-electron chi connectivity index (χ2n) is 8.62. The van der Waals surface area contributed by atoms with E-state index in [4.69, 9.17) is 13.7 Å². The van der Waals surface area contributed by atoms with E-state index in [2.05, 4.69) is 14.9 Å². The molecule has 3 aromatic carbocycles. The fraction of sp³-hybridized carbons (Fsp3) is 0.115. The number of nitrogens with zero attached hydrogens (tertiary/aromatic N) is 2. The van der Waals surface area contributed by atoms with Gasteiger partial charge in [-0.3, -0.25) is 9.52 Å². The van der Waals surface area contributed by atoms with Crippen molar-refractivity contribution in [1.29, 1.82) is 0 Å². The van der Waals surface area contributed by atoms with Gasteiger partial charge in [-0.1, -0.05) is 17.3 Å². The van der Waals surface area contributed by atoms with Gasteiger partial charge in [0.15, 0.2) is 12.0 Å². The zero-order chi connectivity index (χ0) is 28.7. The highest BCUT2D eigenvalue weighted by atomic mass is 32.2. The largest absolute Gasteiger partial charge is 0.485 e. The molecule has 0 saturated carbocycles. The smallest absolute Gasteiger partial charge is 0.416 e. The first-order valence-corrected chi connectivity index (χ1v) is 13.2. The van der Waals surface area contributed by atoms with Crippen molar-refractivity contribution in [3.8, 4) is 28.3 Å². The standard InChI is InChI=1S/C26H17F4N3O6S/c1-40(35,36)33-18-4-2-14(3-5-18)21-12-38-22-11-19(6-7-20(22)24(21)34)37-13-23-31-25(39-32-23)15-8-16(26(28,29)30)10-17(27)9-15/h2-12,33H,13H2,1H3. The maximum atomic E-state index is 13.7. The predicted octanol–water partition coefficient (Wildman–Crippen LogP) is 5.62. The molecule has 0 atom stereocenters. The molecule has 5 rings (SSSR count). The highest BCUT2D eigenvalue weighted by molar-refractivity contribution is 7.92. The fourth-order valence-corrected chi connectivity index (χ4v) is 4.35. The Morgan fingerprint density at radius 1 is 1.00 bits per heavy atom. The molecule has 0 aliphatic carbocycles. The molecule has 0 bridgehead atoms. The third kappa shape index (κ3) is 5.96. The zero-order valence-corrected chi connectivity index (χ0v) is 21.1. The maximum Gasteiger partial charge on any atom is 0.416 e. The molecule has 0 radical (unpaired) electrons. The first-order chi connectivity index (χ1) is 18.9. The van der Waals surface area contributed by atoms with Crippen LogP contribution in [0.1, 0.15) is 11.4 Å². The van der Waals surface area contributed by atoms with Crippen molar-refractivity contribution in [1.82, 2.24) is 10.1 Å². The van der Waals surface area contributed by atoms with Crippen LogP contribution in [0.4, 0.5) is 23.2 Å². The Balaban J connectivity index is 1.32. The van der Waals surface area contributed by atoms with E-state index in [9.17, 15) is 30.8 Å². The molecule has 1 N–H and O–H groups in total. The third-order valence-corrected chi connectivity index (χ3v) is 6.16. The van der Waals surface area contributed by atoms with Crippen LogP contribution in [0.3, 0.4) is 0 Å². The van der Waals surface area contributed by atoms with Crippen molar-refractivity contribution in [2.75, 3.05) is 11.0 Å². The van der Waals surface area contributed by atoms with Crippen LogP contribution < -0.4 is 14.9 Å². The van der Waals surface area contributed by atoms with Gasteiger partial charge in [0.25, 0.3) is 5.89 Å². The molecule has 5 aromatic rings. The molecule has 0 aliphatic rings. The molecule has 9 nitrogen and oxygen atoms in total. The van der Waals surface area contributed by atoms with Crippen molar-refractivity contribution < 1.29 is 39.7 Å². The highest BCUT2D eigenvalue weighted by Gasteiger charge is 2.32. The lowest BCUT2D eigenvalue weighted by Gasteiger charge is -2.07. The summed E-state index contributed by atoms with van der Waals surface area (Å²) in [4.78, 5) is 17.0. The minimum absolute atomic E-state index is 0.0153. The molecule has 0 spiro atoms. The molecule has 206 valence electrons. The average Bonchev–Trinajstić information content (AvgIpc) is 3.36. The van der Waals surface area contributed by atoms with Gasteiger partial charge in [-0.15, -0.1) is 0 Å². The number of ether oxygens (including phenoxy) is 1. The summed E-state index contributed by atoms with van der Waals surface area (Å²) in [6.45, 7) is -0.243. The SMILES string of the molecule is CS(=O)(=O)Nc1ccc(-c2coc3cc(OCc4noc(-c5cc(F)cc(C(F)(F)F)c5)n4)ccc3c2=O)cc1. The van der Waals surface area contributed by atoms with Crippen LogP contribution in [0.15, 0.2) is 80.7 Å². The van der Waals surface area contributed by atoms with Gasteiger partial charge in [0.2, 0.25) is 15.8 Å². The number of alkyl halides is 3. The van der Waals surface area contributed by atoms with Crippen LogP contribution >= 0.6 is 0 Å². The third-order valence-electron chi connectivity index (χ3n) is 5.55. The van der Waals surface area contributed by atoms with Crippen LogP contribution in [0.5, 0.6) is 5.75 Å². The van der Waals surface area contributed by atoms with Crippen molar-refractivity contribution in [2.24, 2.45) is 0 Å². The molecule has 14 heteroatoms. The van der Waals surface area contributed by atoms with Crippen LogP contribution in [0, 0.1) is 5.82 Å². The zero-order valence-electron chi connectivity index (χ0n) is 20.3. The van der Waals surface area contributed by atoms with Gasteiger partial charge in [-0.05, 0) is 48.0 Å². The first kappa shape index (κ1) is 26.9. The second-order valence-corrected chi connectivity index (χ2v) is 10.4. The maximum absolute atomic E-state index is 13.7. The Kier molecular flexibility index (Phi) is 6.79. The average molecular weight is 575 g/mol. The summed E-state index contributed by atoms with van der Waals surface area (Å²) in [7, 11) is -3.44. The first-order valence-electron chi connectivity index (χ1n) is 11.3. The molecule has 0 fully saturated rings. The summed E-state index contributed by atoms with van der Waals surface area (Å²) >= 11 is 0. The molecule has 0 saturated heterocycles. The molecule has 0 unspecified atom stereocenters. The monoisotopic (exact) mass is 575 g/mol. The van der Waals surface area contributed by atoms with Crippen LogP contribution in [-0.2, 0) is 22.8 Å². The van der Waals surface area contributed by atoms with Gasteiger partial charge in [0.1, 0.15) is 23.4 Å². The van der Waals surface area contributed by atoms with E-state index < -0.39 is 27.6 Å². The summed E-state index contributed by atoms with van der Waals surface area (Å²) in [6.07, 6.45) is -2.46. The van der Waals surface area contributed by atoms with E-state index in [1.807, 2.05) is 0 Å². The van der Waals surface area contributed by atoms with E-state index in [0.717, 1.165) is 12.3 Å². The summed E-state index contributed by atoms with van der Waals surface area (Å²) in [6, 6.07) is 12.6. The van der Waals surface area contributed by atoms with Gasteiger partial charge in [-0.25, -0.2) is 12.8 Å². The minimum atomic E-state index is -4.75. The summed E-state index contributed by atoms with van der Waals surface area (Å²) in [5.74, 6) is -1.17. The number of benzene rings is 3. The van der Waals surface area contributed by atoms with Crippen molar-refractivity contribution in [3.63, 3.8) is 0 Å². The number of halogens is 4. The summed E-state index contributed by atoms with van der Waals surface area (Å²) in [5.41, 5.74) is -0.423. The quantitative estimate of drug-likeness (QED) is 0.248. The Hall–Kier alpha value is -4.72. The fourth-order valence-electron chi connectivity index (χ4n) is 3.78. The topological polar surface area (TPSA) is 125 Å². The number of aromatic nitrogens is 2. The Morgan fingerprint density at radius 2 is 1.75 bits per heavy atom. The van der Waals surface area contributed by atoms with Gasteiger partial charge < -0.3 is 13.7 Å². The van der Waals surface area contributed by atoms with E-state index >= 15 is 0 Å². The van der Waals surface area contributed by atoms with Gasteiger partial charge in [-0.2, -0.15) is 18.2 Å². The minimum Gasteiger partial charge on any atom is -0.485 e. The van der Waals surface area contributed by atoms with E-state index in [0.29, 0.717) is 23.4 Å². The van der Waals surface area contributed by atoms with E-state index in [1.54, 1.807) is 12.1 Å². The van der Waals surface area contributed by atoms with Gasteiger partial charge >= 0.3 is 6.18 Å². The number of anilines is 1. The van der Waals surface area contributed by atoms with Crippen molar-refractivity contribution in [2.45, 2.75) is 12.8 Å². The lowest BCUT2D eigenvalue weighted by molar-refractivity contribution is -0.137. The Labute approximate surface area is 223 Å². The molecule has 40 heavy (non-hydrogen) atoms. The van der Waals surface area contributed by atoms with Crippen LogP contribution in [0.25, 0.3) is 33.6 Å². The Bertz CT molecular complexity index is 1880. The Morgan fingerprint density at radius 3 is 2.45 bits per heavy atom. The highest BCUT2D eigenvalue weighted by Crippen LogP contribution is 2.33. The normalized spacial score (nSPS) is 12.0. The summed E-state index contributed by atoms with van der Waals surface area (Å²) in [5, 5.41) is 3.91. The van der Waals surface area contributed by atoms with Gasteiger partial charge in [0.05, 0.1) is 22.8 Å². The summed E-state index contributed by atoms with van der Waals surface area (Å²) < 4.78 is 93.9. The van der Waals surface area contributed by atoms with Gasteiger partial charge in [0, 0.05) is 17.3 Å².